The molecule has 0 radical (unpaired) electrons. The lowest BCUT2D eigenvalue weighted by molar-refractivity contribution is 0.601. The molecule has 0 amide bonds. The summed E-state index contributed by atoms with van der Waals surface area (Å²) in [6.07, 6.45) is 5.86. The highest BCUT2D eigenvalue weighted by Gasteiger charge is 2.13. The average molecular weight is 236 g/mol. The predicted octanol–water partition coefficient (Wildman–Crippen LogP) is -0.416. The van der Waals surface area contributed by atoms with Crippen molar-refractivity contribution in [3.05, 3.63) is 20.8 Å². The normalized spacial score (nSPS) is 9.94. The van der Waals surface area contributed by atoms with E-state index in [4.69, 9.17) is 12.2 Å². The minimum atomic E-state index is -0.463. The monoisotopic (exact) mass is 236 g/mol. The van der Waals surface area contributed by atoms with Gasteiger partial charge in [-0.15, -0.1) is 6.42 Å². The second-order valence-corrected chi connectivity index (χ2v) is 3.62. The van der Waals surface area contributed by atoms with Gasteiger partial charge in [0.05, 0.1) is 6.54 Å². The van der Waals surface area contributed by atoms with Crippen LogP contribution in [0.15, 0.2) is 9.59 Å². The van der Waals surface area contributed by atoms with Crippen LogP contribution in [0, 0.1) is 12.3 Å². The van der Waals surface area contributed by atoms with Gasteiger partial charge < -0.3 is 11.1 Å². The summed E-state index contributed by atoms with van der Waals surface area (Å²) in [5, 5.41) is 2.74. The zero-order chi connectivity index (χ0) is 13.0. The Bertz CT molecular complexity index is 563. The van der Waals surface area contributed by atoms with E-state index >= 15 is 0 Å². The van der Waals surface area contributed by atoms with Crippen molar-refractivity contribution in [2.75, 3.05) is 17.6 Å². The Balaban J connectivity index is 3.46. The van der Waals surface area contributed by atoms with Gasteiger partial charge in [0.2, 0.25) is 0 Å². The molecule has 1 aromatic heterocycles. The van der Waals surface area contributed by atoms with Gasteiger partial charge in [0.15, 0.2) is 0 Å². The van der Waals surface area contributed by atoms with E-state index in [0.29, 0.717) is 6.54 Å². The zero-order valence-electron chi connectivity index (χ0n) is 9.99. The molecule has 3 N–H and O–H groups in total. The minimum Gasteiger partial charge on any atom is -0.383 e. The van der Waals surface area contributed by atoms with Crippen LogP contribution in [-0.2, 0) is 13.6 Å². The number of rotatable bonds is 4. The molecule has 1 rings (SSSR count). The van der Waals surface area contributed by atoms with Gasteiger partial charge in [0, 0.05) is 13.6 Å². The molecule has 0 unspecified atom stereocenters. The summed E-state index contributed by atoms with van der Waals surface area (Å²) in [5.74, 6) is 2.49. The summed E-state index contributed by atoms with van der Waals surface area (Å²) in [5.41, 5.74) is 5.10. The Morgan fingerprint density at radius 3 is 2.65 bits per heavy atom. The van der Waals surface area contributed by atoms with Crippen LogP contribution >= 0.6 is 0 Å². The third kappa shape index (κ3) is 2.33. The molecule has 0 bridgehead atoms. The van der Waals surface area contributed by atoms with E-state index in [1.807, 2.05) is 6.92 Å². The van der Waals surface area contributed by atoms with Crippen LogP contribution in [0.4, 0.5) is 11.5 Å². The first kappa shape index (κ1) is 12.9. The maximum absolute atomic E-state index is 11.8. The molecular formula is C11H16N4O2. The summed E-state index contributed by atoms with van der Waals surface area (Å²) >= 11 is 0. The van der Waals surface area contributed by atoms with Gasteiger partial charge in [-0.3, -0.25) is 13.9 Å². The van der Waals surface area contributed by atoms with Crippen molar-refractivity contribution in [2.24, 2.45) is 7.05 Å². The Hall–Kier alpha value is -2.16. The van der Waals surface area contributed by atoms with Crippen LogP contribution < -0.4 is 22.3 Å². The van der Waals surface area contributed by atoms with Gasteiger partial charge in [0.25, 0.3) is 5.56 Å². The Kier molecular flexibility index (Phi) is 3.99. The molecular weight excluding hydrogens is 220 g/mol. The maximum atomic E-state index is 11.8. The molecule has 1 aromatic rings. The summed E-state index contributed by atoms with van der Waals surface area (Å²) in [6, 6.07) is 0. The van der Waals surface area contributed by atoms with Gasteiger partial charge in [-0.25, -0.2) is 4.79 Å². The number of hydrogen-bond acceptors (Lipinski definition) is 4. The molecule has 0 fully saturated rings. The van der Waals surface area contributed by atoms with Crippen molar-refractivity contribution in [3.63, 3.8) is 0 Å². The summed E-state index contributed by atoms with van der Waals surface area (Å²) in [4.78, 5) is 23.6. The van der Waals surface area contributed by atoms with Crippen LogP contribution in [0.3, 0.4) is 0 Å². The van der Waals surface area contributed by atoms with Crippen LogP contribution in [0.5, 0.6) is 0 Å². The number of nitrogens with zero attached hydrogens (tertiary/aromatic N) is 2. The van der Waals surface area contributed by atoms with E-state index in [1.165, 1.54) is 11.6 Å². The lowest BCUT2D eigenvalue weighted by atomic mass is 10.4. The van der Waals surface area contributed by atoms with Crippen molar-refractivity contribution >= 4 is 11.5 Å². The fourth-order valence-corrected chi connectivity index (χ4v) is 1.53. The van der Waals surface area contributed by atoms with Gasteiger partial charge >= 0.3 is 5.69 Å². The van der Waals surface area contributed by atoms with Crippen molar-refractivity contribution < 1.29 is 0 Å². The number of nitrogens with one attached hydrogen (secondary N) is 1. The lowest BCUT2D eigenvalue weighted by Crippen LogP contribution is -2.40. The number of terminal acetylenes is 1. The molecule has 0 aromatic carbocycles. The summed E-state index contributed by atoms with van der Waals surface area (Å²) in [7, 11) is 1.41. The van der Waals surface area contributed by atoms with Crippen LogP contribution in [0.1, 0.15) is 13.3 Å². The molecule has 0 spiro atoms. The quantitative estimate of drug-likeness (QED) is 0.696. The van der Waals surface area contributed by atoms with Gasteiger partial charge in [0.1, 0.15) is 11.5 Å². The minimum absolute atomic E-state index is 0.134. The standard InChI is InChI=1S/C11H16N4O2/c1-4-6-13-8-9(12)15(7-5-2)11(17)14(3)10(8)16/h1,13H,5-7,12H2,2-3H3. The average Bonchev–Trinajstić information content (AvgIpc) is 2.32. The molecule has 92 valence electrons. The lowest BCUT2D eigenvalue weighted by Gasteiger charge is -2.14. The molecule has 0 aliphatic rings. The number of aromatic nitrogens is 2. The number of nitrogens with two attached hydrogens (primary N) is 1. The second kappa shape index (κ2) is 5.25. The zero-order valence-corrected chi connectivity index (χ0v) is 9.99. The number of hydrogen-bond donors (Lipinski definition) is 2. The Labute approximate surface area is 99.1 Å². The molecule has 17 heavy (non-hydrogen) atoms. The van der Waals surface area contributed by atoms with Crippen LogP contribution in [0.25, 0.3) is 0 Å². The van der Waals surface area contributed by atoms with Crippen molar-refractivity contribution in [1.82, 2.24) is 9.13 Å². The van der Waals surface area contributed by atoms with Crippen molar-refractivity contribution in [2.45, 2.75) is 19.9 Å². The van der Waals surface area contributed by atoms with E-state index < -0.39 is 11.2 Å². The fourth-order valence-electron chi connectivity index (χ4n) is 1.53. The molecule has 0 saturated heterocycles. The first-order chi connectivity index (χ1) is 8.04. The van der Waals surface area contributed by atoms with Crippen molar-refractivity contribution in [3.8, 4) is 12.3 Å². The Morgan fingerprint density at radius 2 is 2.12 bits per heavy atom. The van der Waals surface area contributed by atoms with Crippen LogP contribution in [0.2, 0.25) is 0 Å². The molecule has 0 aliphatic heterocycles. The Morgan fingerprint density at radius 1 is 1.47 bits per heavy atom. The largest absolute Gasteiger partial charge is 0.383 e. The molecule has 0 saturated carbocycles. The third-order valence-corrected chi connectivity index (χ3v) is 2.40. The maximum Gasteiger partial charge on any atom is 0.332 e. The van der Waals surface area contributed by atoms with E-state index in [-0.39, 0.29) is 18.1 Å². The van der Waals surface area contributed by atoms with Gasteiger partial charge in [-0.1, -0.05) is 12.8 Å². The van der Waals surface area contributed by atoms with Gasteiger partial charge in [-0.05, 0) is 6.42 Å². The highest BCUT2D eigenvalue weighted by atomic mass is 16.2. The smallest absolute Gasteiger partial charge is 0.332 e. The third-order valence-electron chi connectivity index (χ3n) is 2.40. The molecule has 0 atom stereocenters. The van der Waals surface area contributed by atoms with E-state index in [1.54, 1.807) is 0 Å². The van der Waals surface area contributed by atoms with E-state index in [2.05, 4.69) is 11.2 Å². The van der Waals surface area contributed by atoms with Crippen LogP contribution in [-0.4, -0.2) is 15.7 Å². The molecule has 0 aliphatic carbocycles. The number of anilines is 2. The first-order valence-corrected chi connectivity index (χ1v) is 5.31. The molecule has 6 heteroatoms. The fraction of sp³-hybridized carbons (Fsp3) is 0.455. The topological polar surface area (TPSA) is 82.0 Å². The number of nitrogen functional groups attached to an aromatic ring is 1. The SMILES string of the molecule is C#CCNc1c(N)n(CCC)c(=O)n(C)c1=O. The van der Waals surface area contributed by atoms with E-state index in [9.17, 15) is 9.59 Å². The summed E-state index contributed by atoms with van der Waals surface area (Å²) in [6.45, 7) is 2.57. The molecule has 1 heterocycles. The van der Waals surface area contributed by atoms with Crippen molar-refractivity contribution in [1.29, 1.82) is 0 Å². The second-order valence-electron chi connectivity index (χ2n) is 3.62. The highest BCUT2D eigenvalue weighted by molar-refractivity contribution is 5.61. The predicted molar refractivity (Wildman–Crippen MR) is 68.0 cm³/mol. The van der Waals surface area contributed by atoms with E-state index in [0.717, 1.165) is 11.0 Å². The highest BCUT2D eigenvalue weighted by Crippen LogP contribution is 2.10. The molecule has 6 nitrogen and oxygen atoms in total. The first-order valence-electron chi connectivity index (χ1n) is 5.31. The van der Waals surface area contributed by atoms with Gasteiger partial charge in [-0.2, -0.15) is 0 Å². The summed E-state index contributed by atoms with van der Waals surface area (Å²) < 4.78 is 2.38.